The molecule has 1 aromatic carbocycles. The molecular weight excluding hydrogens is 240 g/mol. The number of hydrogen-bond donors (Lipinski definition) is 1. The van der Waals surface area contributed by atoms with E-state index in [2.05, 4.69) is 4.74 Å². The summed E-state index contributed by atoms with van der Waals surface area (Å²) >= 11 is 0. The van der Waals surface area contributed by atoms with E-state index in [1.165, 1.54) is 14.2 Å². The third kappa shape index (κ3) is 2.12. The monoisotopic (exact) mass is 254 g/mol. The van der Waals surface area contributed by atoms with Crippen molar-refractivity contribution in [3.05, 3.63) is 23.3 Å². The van der Waals surface area contributed by atoms with E-state index in [-0.39, 0.29) is 13.4 Å². The third-order valence-corrected chi connectivity index (χ3v) is 2.74. The Hall–Kier alpha value is -1.79. The number of carbonyl (C=O) groups excluding carboxylic acids is 1. The number of fused-ring (bicyclic) bond motifs is 1. The largest absolute Gasteiger partial charge is 0.496 e. The first-order valence-electron chi connectivity index (χ1n) is 5.35. The van der Waals surface area contributed by atoms with Gasteiger partial charge >= 0.3 is 5.97 Å². The summed E-state index contributed by atoms with van der Waals surface area (Å²) in [6.07, 6.45) is -1.43. The van der Waals surface area contributed by atoms with Gasteiger partial charge in [0.1, 0.15) is 11.5 Å². The van der Waals surface area contributed by atoms with Gasteiger partial charge in [-0.15, -0.1) is 0 Å². The van der Waals surface area contributed by atoms with Crippen molar-refractivity contribution in [3.63, 3.8) is 0 Å². The van der Waals surface area contributed by atoms with Gasteiger partial charge in [0.15, 0.2) is 12.9 Å². The molecule has 0 spiro atoms. The second kappa shape index (κ2) is 5.24. The number of esters is 1. The van der Waals surface area contributed by atoms with Gasteiger partial charge in [0, 0.05) is 11.1 Å². The number of carbonyl (C=O) groups is 1. The maximum Gasteiger partial charge on any atom is 0.339 e. The molecule has 1 aromatic rings. The van der Waals surface area contributed by atoms with Crippen LogP contribution in [0.25, 0.3) is 0 Å². The minimum atomic E-state index is -1.43. The topological polar surface area (TPSA) is 74.2 Å². The van der Waals surface area contributed by atoms with Crippen molar-refractivity contribution < 1.29 is 28.8 Å². The first-order valence-corrected chi connectivity index (χ1v) is 5.35. The predicted octanol–water partition coefficient (Wildman–Crippen LogP) is 0.768. The Morgan fingerprint density at radius 1 is 1.44 bits per heavy atom. The number of aliphatic hydroxyl groups is 1. The number of methoxy groups -OCH3 is 2. The normalized spacial score (nSPS) is 15.3. The molecule has 1 heterocycles. The molecule has 0 aromatic heterocycles. The maximum absolute atomic E-state index is 11.5. The lowest BCUT2D eigenvalue weighted by atomic mass is 10.00. The summed E-state index contributed by atoms with van der Waals surface area (Å²) in [6, 6.07) is 3.34. The molecule has 18 heavy (non-hydrogen) atoms. The lowest BCUT2D eigenvalue weighted by molar-refractivity contribution is -0.150. The van der Waals surface area contributed by atoms with E-state index in [9.17, 15) is 9.90 Å². The molecule has 6 heteroatoms. The van der Waals surface area contributed by atoms with E-state index in [1.54, 1.807) is 12.1 Å². The molecule has 0 saturated heterocycles. The van der Waals surface area contributed by atoms with Crippen LogP contribution in [0.15, 0.2) is 12.1 Å². The Balaban J connectivity index is 2.51. The van der Waals surface area contributed by atoms with E-state index < -0.39 is 12.1 Å². The van der Waals surface area contributed by atoms with Gasteiger partial charge in [-0.2, -0.15) is 0 Å². The fourth-order valence-electron chi connectivity index (χ4n) is 1.86. The summed E-state index contributed by atoms with van der Waals surface area (Å²) in [5.41, 5.74) is 0.917. The SMILES string of the molecule is COC(=O)C(O)c1c(OC)ccc2c1COCO2. The lowest BCUT2D eigenvalue weighted by Crippen LogP contribution is -2.20. The quantitative estimate of drug-likeness (QED) is 0.803. The first kappa shape index (κ1) is 12.7. The van der Waals surface area contributed by atoms with Crippen LogP contribution in [-0.2, 0) is 20.9 Å². The minimum Gasteiger partial charge on any atom is -0.496 e. The Bertz CT molecular complexity index is 456. The van der Waals surface area contributed by atoms with E-state index in [0.29, 0.717) is 22.6 Å². The second-order valence-electron chi connectivity index (χ2n) is 3.69. The van der Waals surface area contributed by atoms with Crippen LogP contribution in [0.2, 0.25) is 0 Å². The molecule has 1 aliphatic rings. The zero-order chi connectivity index (χ0) is 13.1. The highest BCUT2D eigenvalue weighted by Gasteiger charge is 2.28. The van der Waals surface area contributed by atoms with Crippen molar-refractivity contribution in [1.82, 2.24) is 0 Å². The van der Waals surface area contributed by atoms with Crippen molar-refractivity contribution in [1.29, 1.82) is 0 Å². The Morgan fingerprint density at radius 3 is 2.89 bits per heavy atom. The highest BCUT2D eigenvalue weighted by Crippen LogP contribution is 2.37. The molecular formula is C12H14O6. The Kier molecular flexibility index (Phi) is 3.69. The Labute approximate surface area is 104 Å². The van der Waals surface area contributed by atoms with E-state index in [4.69, 9.17) is 14.2 Å². The molecule has 6 nitrogen and oxygen atoms in total. The van der Waals surface area contributed by atoms with Crippen molar-refractivity contribution in [2.24, 2.45) is 0 Å². The molecule has 1 aliphatic heterocycles. The van der Waals surface area contributed by atoms with Gasteiger partial charge in [0.05, 0.1) is 20.8 Å². The summed E-state index contributed by atoms with van der Waals surface area (Å²) in [4.78, 5) is 11.5. The molecule has 0 fully saturated rings. The van der Waals surface area contributed by atoms with Crippen molar-refractivity contribution in [3.8, 4) is 11.5 Å². The molecule has 0 bridgehead atoms. The van der Waals surface area contributed by atoms with Crippen LogP contribution in [0, 0.1) is 0 Å². The summed E-state index contributed by atoms with van der Waals surface area (Å²) in [5.74, 6) is 0.202. The van der Waals surface area contributed by atoms with Gasteiger partial charge in [-0.1, -0.05) is 0 Å². The van der Waals surface area contributed by atoms with Crippen molar-refractivity contribution in [2.75, 3.05) is 21.0 Å². The van der Waals surface area contributed by atoms with E-state index >= 15 is 0 Å². The predicted molar refractivity (Wildman–Crippen MR) is 60.3 cm³/mol. The van der Waals surface area contributed by atoms with Gasteiger partial charge in [0.2, 0.25) is 0 Å². The Morgan fingerprint density at radius 2 is 2.22 bits per heavy atom. The van der Waals surface area contributed by atoms with Crippen LogP contribution in [0.5, 0.6) is 11.5 Å². The summed E-state index contributed by atoms with van der Waals surface area (Å²) in [6.45, 7) is 0.392. The summed E-state index contributed by atoms with van der Waals surface area (Å²) < 4.78 is 20.1. The molecule has 1 unspecified atom stereocenters. The molecule has 0 saturated carbocycles. The lowest BCUT2D eigenvalue weighted by Gasteiger charge is -2.23. The van der Waals surface area contributed by atoms with Gasteiger partial charge < -0.3 is 24.1 Å². The molecule has 0 radical (unpaired) electrons. The van der Waals surface area contributed by atoms with Crippen LogP contribution in [0.3, 0.4) is 0 Å². The number of ether oxygens (including phenoxy) is 4. The van der Waals surface area contributed by atoms with Crippen LogP contribution in [0.1, 0.15) is 17.2 Å². The van der Waals surface area contributed by atoms with Gasteiger partial charge in [-0.3, -0.25) is 0 Å². The summed E-state index contributed by atoms with van der Waals surface area (Å²) in [5, 5.41) is 9.99. The van der Waals surface area contributed by atoms with Crippen LogP contribution < -0.4 is 9.47 Å². The van der Waals surface area contributed by atoms with Gasteiger partial charge in [0.25, 0.3) is 0 Å². The molecule has 1 atom stereocenters. The van der Waals surface area contributed by atoms with Crippen molar-refractivity contribution in [2.45, 2.75) is 12.7 Å². The standard InChI is InChI=1S/C12H14O6/c1-15-9-4-3-8-7(5-17-6-18-8)10(9)11(13)12(14)16-2/h3-4,11,13H,5-6H2,1-2H3. The maximum atomic E-state index is 11.5. The molecule has 2 rings (SSSR count). The smallest absolute Gasteiger partial charge is 0.339 e. The second-order valence-corrected chi connectivity index (χ2v) is 3.69. The summed E-state index contributed by atoms with van der Waals surface area (Å²) in [7, 11) is 2.67. The van der Waals surface area contributed by atoms with Crippen LogP contribution in [0.4, 0.5) is 0 Å². The van der Waals surface area contributed by atoms with Crippen LogP contribution >= 0.6 is 0 Å². The fraction of sp³-hybridized carbons (Fsp3) is 0.417. The third-order valence-electron chi connectivity index (χ3n) is 2.74. The highest BCUT2D eigenvalue weighted by molar-refractivity contribution is 5.78. The highest BCUT2D eigenvalue weighted by atomic mass is 16.7. The zero-order valence-corrected chi connectivity index (χ0v) is 10.1. The minimum absolute atomic E-state index is 0.146. The molecule has 0 aliphatic carbocycles. The van der Waals surface area contributed by atoms with E-state index in [1.807, 2.05) is 0 Å². The average Bonchev–Trinajstić information content (AvgIpc) is 2.44. The molecule has 1 N–H and O–H groups in total. The average molecular weight is 254 g/mol. The first-order chi connectivity index (χ1) is 8.69. The zero-order valence-electron chi connectivity index (χ0n) is 10.1. The fourth-order valence-corrected chi connectivity index (χ4v) is 1.86. The number of benzene rings is 1. The number of rotatable bonds is 3. The number of hydrogen-bond acceptors (Lipinski definition) is 6. The molecule has 98 valence electrons. The van der Waals surface area contributed by atoms with E-state index in [0.717, 1.165) is 0 Å². The van der Waals surface area contributed by atoms with Gasteiger partial charge in [-0.05, 0) is 12.1 Å². The van der Waals surface area contributed by atoms with Crippen molar-refractivity contribution >= 4 is 5.97 Å². The van der Waals surface area contributed by atoms with Gasteiger partial charge in [-0.25, -0.2) is 4.79 Å². The molecule has 0 amide bonds. The number of aliphatic hydroxyl groups excluding tert-OH is 1. The van der Waals surface area contributed by atoms with Crippen LogP contribution in [-0.4, -0.2) is 32.1 Å².